The van der Waals surface area contributed by atoms with Crippen molar-refractivity contribution in [2.24, 2.45) is 5.90 Å². The molecule has 0 radical (unpaired) electrons. The first kappa shape index (κ1) is 11.1. The average Bonchev–Trinajstić information content (AvgIpc) is 2.17. The number of nitro benzene ring substituents is 1. The third kappa shape index (κ3) is 2.27. The lowest BCUT2D eigenvalue weighted by Crippen LogP contribution is -2.09. The Morgan fingerprint density at radius 1 is 1.60 bits per heavy atom. The molecule has 0 bridgehead atoms. The lowest BCUT2D eigenvalue weighted by Gasteiger charge is -2.04. The Balaban J connectivity index is 3.34. The van der Waals surface area contributed by atoms with Gasteiger partial charge in [-0.15, -0.1) is 0 Å². The molecule has 0 heterocycles. The van der Waals surface area contributed by atoms with Crippen molar-refractivity contribution >= 4 is 11.7 Å². The predicted molar refractivity (Wildman–Crippen MR) is 49.0 cm³/mol. The van der Waals surface area contributed by atoms with Crippen molar-refractivity contribution in [3.8, 4) is 0 Å². The van der Waals surface area contributed by atoms with Gasteiger partial charge >= 0.3 is 5.97 Å². The SMILES string of the molecule is NOCc1cccc([N+](=O)[O-])c1C(=O)O. The Morgan fingerprint density at radius 2 is 2.27 bits per heavy atom. The molecule has 1 aromatic rings. The van der Waals surface area contributed by atoms with Crippen molar-refractivity contribution < 1.29 is 19.7 Å². The van der Waals surface area contributed by atoms with Crippen LogP contribution in [-0.4, -0.2) is 16.0 Å². The highest BCUT2D eigenvalue weighted by molar-refractivity contribution is 5.94. The van der Waals surface area contributed by atoms with Crippen LogP contribution in [0.4, 0.5) is 5.69 Å². The zero-order valence-corrected chi connectivity index (χ0v) is 7.54. The largest absolute Gasteiger partial charge is 0.477 e. The molecule has 15 heavy (non-hydrogen) atoms. The second kappa shape index (κ2) is 4.49. The van der Waals surface area contributed by atoms with E-state index in [1.54, 1.807) is 0 Å². The minimum atomic E-state index is -1.38. The minimum absolute atomic E-state index is 0.166. The molecule has 1 rings (SSSR count). The van der Waals surface area contributed by atoms with E-state index < -0.39 is 22.1 Å². The maximum Gasteiger partial charge on any atom is 0.343 e. The molecule has 3 N–H and O–H groups in total. The van der Waals surface area contributed by atoms with Gasteiger partial charge in [0.1, 0.15) is 5.56 Å². The summed E-state index contributed by atoms with van der Waals surface area (Å²) in [4.78, 5) is 24.9. The van der Waals surface area contributed by atoms with Crippen molar-refractivity contribution in [1.82, 2.24) is 0 Å². The molecule has 0 aromatic heterocycles. The van der Waals surface area contributed by atoms with E-state index in [0.29, 0.717) is 0 Å². The molecule has 0 aliphatic heterocycles. The predicted octanol–water partition coefficient (Wildman–Crippen LogP) is 0.683. The molecule has 0 fully saturated rings. The summed E-state index contributed by atoms with van der Waals surface area (Å²) < 4.78 is 0. The fraction of sp³-hybridized carbons (Fsp3) is 0.125. The van der Waals surface area contributed by atoms with Crippen LogP contribution in [0, 0.1) is 10.1 Å². The second-order valence-electron chi connectivity index (χ2n) is 2.68. The first-order valence-corrected chi connectivity index (χ1v) is 3.89. The van der Waals surface area contributed by atoms with Gasteiger partial charge in [0.25, 0.3) is 5.69 Å². The maximum absolute atomic E-state index is 10.8. The Labute approximate surface area is 84.2 Å². The monoisotopic (exact) mass is 212 g/mol. The van der Waals surface area contributed by atoms with E-state index >= 15 is 0 Å². The van der Waals surface area contributed by atoms with Crippen molar-refractivity contribution in [1.29, 1.82) is 0 Å². The Bertz CT molecular complexity index is 404. The Kier molecular flexibility index (Phi) is 3.32. The van der Waals surface area contributed by atoms with Gasteiger partial charge in [0.05, 0.1) is 11.5 Å². The van der Waals surface area contributed by atoms with E-state index in [4.69, 9.17) is 11.0 Å². The summed E-state index contributed by atoms with van der Waals surface area (Å²) in [5.41, 5.74) is -0.704. The third-order valence-electron chi connectivity index (χ3n) is 1.78. The van der Waals surface area contributed by atoms with Gasteiger partial charge in [-0.2, -0.15) is 0 Å². The van der Waals surface area contributed by atoms with Crippen LogP contribution in [0.2, 0.25) is 0 Å². The van der Waals surface area contributed by atoms with Gasteiger partial charge in [-0.3, -0.25) is 15.0 Å². The van der Waals surface area contributed by atoms with Crippen molar-refractivity contribution in [3.05, 3.63) is 39.4 Å². The van der Waals surface area contributed by atoms with Crippen molar-refractivity contribution in [2.45, 2.75) is 6.61 Å². The molecule has 0 aliphatic rings. The summed E-state index contributed by atoms with van der Waals surface area (Å²) in [5.74, 6) is 3.41. The number of hydrogen-bond acceptors (Lipinski definition) is 5. The van der Waals surface area contributed by atoms with Crippen LogP contribution in [0.15, 0.2) is 18.2 Å². The minimum Gasteiger partial charge on any atom is -0.477 e. The van der Waals surface area contributed by atoms with Gasteiger partial charge < -0.3 is 5.11 Å². The fourth-order valence-electron chi connectivity index (χ4n) is 1.20. The van der Waals surface area contributed by atoms with E-state index in [1.165, 1.54) is 12.1 Å². The standard InChI is InChI=1S/C8H8N2O5/c9-15-4-5-2-1-3-6(10(13)14)7(5)8(11)12/h1-3H,4,9H2,(H,11,12). The van der Waals surface area contributed by atoms with Crippen LogP contribution in [0.5, 0.6) is 0 Å². The number of nitrogens with zero attached hydrogens (tertiary/aromatic N) is 1. The van der Waals surface area contributed by atoms with Gasteiger partial charge in [-0.1, -0.05) is 12.1 Å². The van der Waals surface area contributed by atoms with Crippen molar-refractivity contribution in [3.63, 3.8) is 0 Å². The van der Waals surface area contributed by atoms with E-state index in [1.807, 2.05) is 0 Å². The molecule has 0 spiro atoms. The average molecular weight is 212 g/mol. The van der Waals surface area contributed by atoms with E-state index in [2.05, 4.69) is 4.84 Å². The third-order valence-corrected chi connectivity index (χ3v) is 1.78. The first-order valence-electron chi connectivity index (χ1n) is 3.89. The highest BCUT2D eigenvalue weighted by atomic mass is 16.6. The summed E-state index contributed by atoms with van der Waals surface area (Å²) in [6.45, 7) is -0.191. The van der Waals surface area contributed by atoms with Crippen LogP contribution in [0.25, 0.3) is 0 Å². The number of carboxylic acids is 1. The molecule has 0 unspecified atom stereocenters. The second-order valence-corrected chi connectivity index (χ2v) is 2.68. The number of nitrogens with two attached hydrogens (primary N) is 1. The van der Waals surface area contributed by atoms with E-state index in [-0.39, 0.29) is 12.2 Å². The van der Waals surface area contributed by atoms with Gasteiger partial charge in [0.15, 0.2) is 0 Å². The number of aromatic carboxylic acids is 1. The summed E-state index contributed by atoms with van der Waals surface area (Å²) in [6, 6.07) is 3.89. The summed E-state index contributed by atoms with van der Waals surface area (Å²) in [6.07, 6.45) is 0. The number of carboxylic acid groups (broad SMARTS) is 1. The lowest BCUT2D eigenvalue weighted by molar-refractivity contribution is -0.385. The molecular formula is C8H8N2O5. The van der Waals surface area contributed by atoms with E-state index in [0.717, 1.165) is 6.07 Å². The summed E-state index contributed by atoms with van der Waals surface area (Å²) >= 11 is 0. The molecule has 7 heteroatoms. The summed E-state index contributed by atoms with van der Waals surface area (Å²) in [5, 5.41) is 19.4. The quantitative estimate of drug-likeness (QED) is 0.560. The van der Waals surface area contributed by atoms with Gasteiger partial charge in [-0.05, 0) is 0 Å². The van der Waals surface area contributed by atoms with Crippen LogP contribution >= 0.6 is 0 Å². The lowest BCUT2D eigenvalue weighted by atomic mass is 10.1. The summed E-state index contributed by atoms with van der Waals surface area (Å²) in [7, 11) is 0. The maximum atomic E-state index is 10.8. The zero-order chi connectivity index (χ0) is 11.4. The molecule has 7 nitrogen and oxygen atoms in total. The zero-order valence-electron chi connectivity index (χ0n) is 7.54. The van der Waals surface area contributed by atoms with Gasteiger partial charge in [-0.25, -0.2) is 10.7 Å². The van der Waals surface area contributed by atoms with Gasteiger partial charge in [0, 0.05) is 11.6 Å². The number of rotatable bonds is 4. The van der Waals surface area contributed by atoms with Crippen LogP contribution in [0.3, 0.4) is 0 Å². The smallest absolute Gasteiger partial charge is 0.343 e. The topological polar surface area (TPSA) is 116 Å². The molecule has 1 aromatic carbocycles. The number of carbonyl (C=O) groups is 1. The van der Waals surface area contributed by atoms with Crippen LogP contribution < -0.4 is 5.90 Å². The van der Waals surface area contributed by atoms with Crippen LogP contribution in [0.1, 0.15) is 15.9 Å². The van der Waals surface area contributed by atoms with Crippen LogP contribution in [-0.2, 0) is 11.4 Å². The highest BCUT2D eigenvalue weighted by Gasteiger charge is 2.23. The molecular weight excluding hydrogens is 204 g/mol. The number of hydrogen-bond donors (Lipinski definition) is 2. The molecule has 0 atom stereocenters. The number of benzene rings is 1. The van der Waals surface area contributed by atoms with Gasteiger partial charge in [0.2, 0.25) is 0 Å². The highest BCUT2D eigenvalue weighted by Crippen LogP contribution is 2.22. The molecule has 0 amide bonds. The van der Waals surface area contributed by atoms with E-state index in [9.17, 15) is 14.9 Å². The fourth-order valence-corrected chi connectivity index (χ4v) is 1.20. The molecule has 0 aliphatic carbocycles. The molecule has 0 saturated heterocycles. The Morgan fingerprint density at radius 3 is 2.73 bits per heavy atom. The first-order chi connectivity index (χ1) is 7.07. The normalized spacial score (nSPS) is 9.93. The Hall–Kier alpha value is -1.99. The molecule has 80 valence electrons. The van der Waals surface area contributed by atoms with Crippen molar-refractivity contribution in [2.75, 3.05) is 0 Å². The molecule has 0 saturated carbocycles. The number of nitro groups is 1.